The largest absolute Gasteiger partial charge is 0.442 e. The summed E-state index contributed by atoms with van der Waals surface area (Å²) in [4.78, 5) is 32.9. The van der Waals surface area contributed by atoms with E-state index in [1.165, 1.54) is 4.57 Å². The zero-order chi connectivity index (χ0) is 20.2. The summed E-state index contributed by atoms with van der Waals surface area (Å²) in [7, 11) is 0. The van der Waals surface area contributed by atoms with Gasteiger partial charge in [-0.3, -0.25) is 4.52 Å². The van der Waals surface area contributed by atoms with E-state index in [0.29, 0.717) is 0 Å². The minimum absolute atomic E-state index is 0.0218. The molecule has 0 aliphatic heterocycles. The van der Waals surface area contributed by atoms with Crippen molar-refractivity contribution in [2.24, 2.45) is 0 Å². The summed E-state index contributed by atoms with van der Waals surface area (Å²) < 4.78 is 6.00. The SMILES string of the molecule is CCc1ccccc1Nc1nc(N)nc(Cn2c(-c3ncccn3)noc2=O)n1. The highest BCUT2D eigenvalue weighted by molar-refractivity contribution is 5.58. The van der Waals surface area contributed by atoms with Crippen LogP contribution in [0.15, 0.2) is 52.0 Å². The molecule has 3 N–H and O–H groups in total. The molecule has 3 heterocycles. The van der Waals surface area contributed by atoms with E-state index in [0.717, 1.165) is 17.7 Å². The second-order valence-electron chi connectivity index (χ2n) is 6.00. The Balaban J connectivity index is 1.66. The zero-order valence-corrected chi connectivity index (χ0v) is 15.5. The fraction of sp³-hybridized carbons (Fsp3) is 0.167. The smallest absolute Gasteiger partial charge is 0.368 e. The van der Waals surface area contributed by atoms with Gasteiger partial charge in [0.15, 0.2) is 11.6 Å². The Morgan fingerprint density at radius 2 is 1.90 bits per heavy atom. The summed E-state index contributed by atoms with van der Waals surface area (Å²) in [6.45, 7) is 2.02. The second kappa shape index (κ2) is 7.84. The Morgan fingerprint density at radius 3 is 2.69 bits per heavy atom. The van der Waals surface area contributed by atoms with Gasteiger partial charge in [-0.2, -0.15) is 15.0 Å². The molecule has 0 saturated carbocycles. The zero-order valence-electron chi connectivity index (χ0n) is 15.5. The molecule has 4 aromatic rings. The number of aromatic nitrogens is 7. The number of anilines is 3. The molecule has 4 rings (SSSR count). The Kier molecular flexibility index (Phi) is 4.93. The van der Waals surface area contributed by atoms with Crippen molar-refractivity contribution in [3.63, 3.8) is 0 Å². The first-order valence-corrected chi connectivity index (χ1v) is 8.83. The molecule has 0 aliphatic carbocycles. The summed E-state index contributed by atoms with van der Waals surface area (Å²) in [6.07, 6.45) is 3.92. The molecule has 0 bridgehead atoms. The fourth-order valence-electron chi connectivity index (χ4n) is 2.76. The van der Waals surface area contributed by atoms with Crippen LogP contribution in [0.2, 0.25) is 0 Å². The Labute approximate surface area is 164 Å². The highest BCUT2D eigenvalue weighted by Gasteiger charge is 2.17. The quantitative estimate of drug-likeness (QED) is 0.493. The van der Waals surface area contributed by atoms with Crippen LogP contribution in [-0.4, -0.2) is 34.6 Å². The number of rotatable bonds is 6. The average Bonchev–Trinajstić information content (AvgIpc) is 3.09. The van der Waals surface area contributed by atoms with Crippen molar-refractivity contribution in [1.29, 1.82) is 0 Å². The van der Waals surface area contributed by atoms with Crippen molar-refractivity contribution in [1.82, 2.24) is 34.6 Å². The lowest BCUT2D eigenvalue weighted by molar-refractivity contribution is 0.377. The fourth-order valence-corrected chi connectivity index (χ4v) is 2.76. The van der Waals surface area contributed by atoms with Gasteiger partial charge in [0.05, 0.1) is 6.54 Å². The number of hydrogen-bond donors (Lipinski definition) is 2. The van der Waals surface area contributed by atoms with Crippen molar-refractivity contribution in [2.75, 3.05) is 11.1 Å². The van der Waals surface area contributed by atoms with Crippen LogP contribution in [-0.2, 0) is 13.0 Å². The van der Waals surface area contributed by atoms with Gasteiger partial charge < -0.3 is 11.1 Å². The minimum Gasteiger partial charge on any atom is -0.368 e. The Bertz CT molecular complexity index is 1190. The van der Waals surface area contributed by atoms with Crippen molar-refractivity contribution < 1.29 is 4.52 Å². The maximum absolute atomic E-state index is 12.1. The van der Waals surface area contributed by atoms with Gasteiger partial charge in [0, 0.05) is 18.1 Å². The lowest BCUT2D eigenvalue weighted by atomic mass is 10.1. The predicted molar refractivity (Wildman–Crippen MR) is 104 cm³/mol. The van der Waals surface area contributed by atoms with Crippen LogP contribution < -0.4 is 16.8 Å². The normalized spacial score (nSPS) is 10.8. The maximum Gasteiger partial charge on any atom is 0.442 e. The van der Waals surface area contributed by atoms with Crippen LogP contribution in [0.4, 0.5) is 17.6 Å². The van der Waals surface area contributed by atoms with Crippen LogP contribution in [0.25, 0.3) is 11.6 Å². The van der Waals surface area contributed by atoms with Gasteiger partial charge in [-0.15, -0.1) is 0 Å². The number of nitrogens with one attached hydrogen (secondary N) is 1. The van der Waals surface area contributed by atoms with Crippen molar-refractivity contribution in [2.45, 2.75) is 19.9 Å². The number of hydrogen-bond acceptors (Lipinski definition) is 10. The van der Waals surface area contributed by atoms with E-state index in [2.05, 4.69) is 42.3 Å². The van der Waals surface area contributed by atoms with E-state index in [1.807, 2.05) is 24.3 Å². The third-order valence-electron chi connectivity index (χ3n) is 4.10. The van der Waals surface area contributed by atoms with Gasteiger partial charge in [0.25, 0.3) is 0 Å². The van der Waals surface area contributed by atoms with Crippen LogP contribution in [0.5, 0.6) is 0 Å². The van der Waals surface area contributed by atoms with E-state index >= 15 is 0 Å². The molecule has 1 aromatic carbocycles. The monoisotopic (exact) mass is 391 g/mol. The Morgan fingerprint density at radius 1 is 1.10 bits per heavy atom. The van der Waals surface area contributed by atoms with Crippen LogP contribution in [0.3, 0.4) is 0 Å². The van der Waals surface area contributed by atoms with E-state index in [4.69, 9.17) is 10.3 Å². The first-order valence-electron chi connectivity index (χ1n) is 8.83. The van der Waals surface area contributed by atoms with Crippen LogP contribution in [0.1, 0.15) is 18.3 Å². The number of para-hydroxylation sites is 1. The van der Waals surface area contributed by atoms with Crippen LogP contribution in [0, 0.1) is 0 Å². The first-order chi connectivity index (χ1) is 14.1. The summed E-state index contributed by atoms with van der Waals surface area (Å²) in [5.41, 5.74) is 7.82. The van der Waals surface area contributed by atoms with E-state index in [9.17, 15) is 4.79 Å². The van der Waals surface area contributed by atoms with Crippen LogP contribution >= 0.6 is 0 Å². The molecule has 0 aliphatic rings. The van der Waals surface area contributed by atoms with Gasteiger partial charge in [-0.1, -0.05) is 30.3 Å². The average molecular weight is 391 g/mol. The summed E-state index contributed by atoms with van der Waals surface area (Å²) >= 11 is 0. The molecule has 146 valence electrons. The molecule has 3 aromatic heterocycles. The van der Waals surface area contributed by atoms with Crippen molar-refractivity contribution in [3.05, 3.63) is 64.7 Å². The molecule has 0 saturated heterocycles. The number of nitrogen functional groups attached to an aromatic ring is 1. The number of aryl methyl sites for hydroxylation is 1. The predicted octanol–water partition coefficient (Wildman–Crippen LogP) is 1.41. The molecule has 0 amide bonds. The first kappa shape index (κ1) is 18.2. The molecule has 29 heavy (non-hydrogen) atoms. The van der Waals surface area contributed by atoms with Gasteiger partial charge in [0.1, 0.15) is 0 Å². The summed E-state index contributed by atoms with van der Waals surface area (Å²) in [5.74, 6) is 0.286. The standard InChI is InChI=1S/C18H17N9O2/c1-2-11-6-3-4-7-12(11)22-17-24-13(23-16(19)25-17)10-27-15(26-29-18(27)28)14-20-8-5-9-21-14/h3-9H,2,10H2,1H3,(H3,19,22,23,24,25). The summed E-state index contributed by atoms with van der Waals surface area (Å²) in [5, 5.41) is 6.90. The molecule has 0 radical (unpaired) electrons. The van der Waals surface area contributed by atoms with Gasteiger partial charge in [0.2, 0.25) is 17.7 Å². The molecule has 0 spiro atoms. The lowest BCUT2D eigenvalue weighted by Gasteiger charge is -2.11. The third-order valence-corrected chi connectivity index (χ3v) is 4.10. The second-order valence-corrected chi connectivity index (χ2v) is 6.00. The van der Waals surface area contributed by atoms with Gasteiger partial charge in [-0.25, -0.2) is 19.3 Å². The highest BCUT2D eigenvalue weighted by atomic mass is 16.5. The molecule has 0 fully saturated rings. The highest BCUT2D eigenvalue weighted by Crippen LogP contribution is 2.19. The number of nitrogens with zero attached hydrogens (tertiary/aromatic N) is 7. The van der Waals surface area contributed by atoms with Gasteiger partial charge in [-0.05, 0) is 24.1 Å². The Hall–Kier alpha value is -4.15. The van der Waals surface area contributed by atoms with E-state index in [1.54, 1.807) is 18.5 Å². The molecule has 0 atom stereocenters. The summed E-state index contributed by atoms with van der Waals surface area (Å²) in [6, 6.07) is 9.47. The molecule has 11 nitrogen and oxygen atoms in total. The molecular formula is C18H17N9O2. The molecule has 0 unspecified atom stereocenters. The van der Waals surface area contributed by atoms with Gasteiger partial charge >= 0.3 is 5.76 Å². The van der Waals surface area contributed by atoms with E-state index < -0.39 is 5.76 Å². The molecule has 11 heteroatoms. The topological polar surface area (TPSA) is 151 Å². The third kappa shape index (κ3) is 3.93. The van der Waals surface area contributed by atoms with E-state index in [-0.39, 0.29) is 35.9 Å². The lowest BCUT2D eigenvalue weighted by Crippen LogP contribution is -2.19. The maximum atomic E-state index is 12.1. The minimum atomic E-state index is -0.683. The van der Waals surface area contributed by atoms with Crippen molar-refractivity contribution in [3.8, 4) is 11.6 Å². The number of nitrogens with two attached hydrogens (primary N) is 1. The number of benzene rings is 1. The molecular weight excluding hydrogens is 374 g/mol. The van der Waals surface area contributed by atoms with Crippen molar-refractivity contribution >= 4 is 17.6 Å².